The number of hydrogen-bond donors (Lipinski definition) is 2. The predicted molar refractivity (Wildman–Crippen MR) is 131 cm³/mol. The quantitative estimate of drug-likeness (QED) is 0.348. The van der Waals surface area contributed by atoms with E-state index in [4.69, 9.17) is 4.74 Å². The molecule has 0 bridgehead atoms. The van der Waals surface area contributed by atoms with Crippen LogP contribution in [-0.2, 0) is 16.1 Å². The highest BCUT2D eigenvalue weighted by Crippen LogP contribution is 2.19. The first kappa shape index (κ1) is 24.1. The van der Waals surface area contributed by atoms with Gasteiger partial charge in [0.25, 0.3) is 0 Å². The number of morpholine rings is 1. The Bertz CT molecular complexity index is 823. The fraction of sp³-hybridized carbons (Fsp3) is 0.391. The van der Waals surface area contributed by atoms with Crippen molar-refractivity contribution in [1.29, 1.82) is 0 Å². The molecule has 2 aromatic rings. The summed E-state index contributed by atoms with van der Waals surface area (Å²) in [6, 6.07) is 18.2. The summed E-state index contributed by atoms with van der Waals surface area (Å²) in [6.07, 6.45) is 0. The molecule has 7 heteroatoms. The van der Waals surface area contributed by atoms with Crippen molar-refractivity contribution in [2.75, 3.05) is 39.9 Å². The number of aliphatic imine (C=N–C) groups is 1. The van der Waals surface area contributed by atoms with Gasteiger partial charge >= 0.3 is 0 Å². The second-order valence-electron chi connectivity index (χ2n) is 7.13. The van der Waals surface area contributed by atoms with E-state index < -0.39 is 0 Å². The van der Waals surface area contributed by atoms with Crippen molar-refractivity contribution in [3.63, 3.8) is 0 Å². The summed E-state index contributed by atoms with van der Waals surface area (Å²) in [7, 11) is 1.74. The van der Waals surface area contributed by atoms with E-state index in [1.807, 2.05) is 47.4 Å². The Morgan fingerprint density at radius 3 is 2.40 bits per heavy atom. The standard InChI is InChI=1S/C23H30N4O2.HI/c1-18-8-6-7-11-20(18)16-25-23(24-2)26-17-21(19-9-4-3-5-10-19)22(28)27-12-14-29-15-13-27;/h3-11,21H,12-17H2,1-2H3,(H2,24,25,26);1H. The third-order valence-electron chi connectivity index (χ3n) is 5.23. The highest BCUT2D eigenvalue weighted by Gasteiger charge is 2.27. The Kier molecular flexibility index (Phi) is 10.1. The minimum atomic E-state index is -0.272. The van der Waals surface area contributed by atoms with Crippen LogP contribution in [-0.4, -0.2) is 56.7 Å². The fourth-order valence-electron chi connectivity index (χ4n) is 3.44. The van der Waals surface area contributed by atoms with Gasteiger partial charge in [-0.25, -0.2) is 0 Å². The summed E-state index contributed by atoms with van der Waals surface area (Å²) >= 11 is 0. The number of amides is 1. The van der Waals surface area contributed by atoms with Gasteiger partial charge in [0, 0.05) is 33.2 Å². The van der Waals surface area contributed by atoms with E-state index >= 15 is 0 Å². The number of aryl methyl sites for hydroxylation is 1. The molecule has 1 amide bonds. The predicted octanol–water partition coefficient (Wildman–Crippen LogP) is 2.92. The van der Waals surface area contributed by atoms with Crippen molar-refractivity contribution in [2.45, 2.75) is 19.4 Å². The van der Waals surface area contributed by atoms with Crippen LogP contribution in [0.5, 0.6) is 0 Å². The molecule has 1 aliphatic heterocycles. The van der Waals surface area contributed by atoms with E-state index in [0.29, 0.717) is 45.4 Å². The van der Waals surface area contributed by atoms with Gasteiger partial charge in [-0.1, -0.05) is 54.6 Å². The molecule has 0 saturated carbocycles. The van der Waals surface area contributed by atoms with Gasteiger partial charge < -0.3 is 20.3 Å². The van der Waals surface area contributed by atoms with Crippen molar-refractivity contribution < 1.29 is 9.53 Å². The molecule has 0 spiro atoms. The first-order chi connectivity index (χ1) is 14.2. The maximum atomic E-state index is 13.2. The van der Waals surface area contributed by atoms with Gasteiger partial charge in [0.2, 0.25) is 5.91 Å². The number of rotatable bonds is 6. The lowest BCUT2D eigenvalue weighted by Crippen LogP contribution is -2.47. The average Bonchev–Trinajstić information content (AvgIpc) is 2.78. The molecule has 1 unspecified atom stereocenters. The summed E-state index contributed by atoms with van der Waals surface area (Å²) < 4.78 is 5.40. The number of carbonyl (C=O) groups excluding carboxylic acids is 1. The topological polar surface area (TPSA) is 66.0 Å². The van der Waals surface area contributed by atoms with Crippen LogP contribution in [0.3, 0.4) is 0 Å². The molecule has 1 fully saturated rings. The van der Waals surface area contributed by atoms with Gasteiger partial charge in [-0.05, 0) is 23.6 Å². The number of nitrogens with one attached hydrogen (secondary N) is 2. The molecule has 1 saturated heterocycles. The van der Waals surface area contributed by atoms with E-state index in [1.165, 1.54) is 11.1 Å². The Morgan fingerprint density at radius 2 is 1.73 bits per heavy atom. The van der Waals surface area contributed by atoms with Crippen molar-refractivity contribution in [3.05, 3.63) is 71.3 Å². The SMILES string of the molecule is CN=C(NCc1ccccc1C)NCC(C(=O)N1CCOCC1)c1ccccc1.I. The Balaban J connectivity index is 0.00000320. The largest absolute Gasteiger partial charge is 0.378 e. The van der Waals surface area contributed by atoms with Gasteiger partial charge in [0.05, 0.1) is 19.1 Å². The number of hydrogen-bond acceptors (Lipinski definition) is 3. The number of guanidine groups is 1. The molecule has 0 aromatic heterocycles. The second kappa shape index (κ2) is 12.5. The molecular formula is C23H31IN4O2. The monoisotopic (exact) mass is 522 g/mol. The van der Waals surface area contributed by atoms with Crippen LogP contribution in [0.4, 0.5) is 0 Å². The second-order valence-corrected chi connectivity index (χ2v) is 7.13. The molecule has 2 N–H and O–H groups in total. The normalized spacial score (nSPS) is 15.1. The maximum absolute atomic E-state index is 13.2. The van der Waals surface area contributed by atoms with Gasteiger partial charge in [-0.3, -0.25) is 9.79 Å². The Morgan fingerprint density at radius 1 is 1.07 bits per heavy atom. The van der Waals surface area contributed by atoms with E-state index in [2.05, 4.69) is 34.7 Å². The van der Waals surface area contributed by atoms with E-state index in [0.717, 1.165) is 5.56 Å². The zero-order valence-corrected chi connectivity index (χ0v) is 20.0. The Hall–Kier alpha value is -2.13. The molecule has 3 rings (SSSR count). The molecule has 1 atom stereocenters. The molecule has 162 valence electrons. The number of nitrogens with zero attached hydrogens (tertiary/aromatic N) is 2. The van der Waals surface area contributed by atoms with Crippen LogP contribution in [0.2, 0.25) is 0 Å². The van der Waals surface area contributed by atoms with Crippen LogP contribution in [0.25, 0.3) is 0 Å². The fourth-order valence-corrected chi connectivity index (χ4v) is 3.44. The van der Waals surface area contributed by atoms with Crippen molar-refractivity contribution >= 4 is 35.8 Å². The molecule has 1 heterocycles. The first-order valence-corrected chi connectivity index (χ1v) is 10.1. The van der Waals surface area contributed by atoms with Crippen molar-refractivity contribution in [3.8, 4) is 0 Å². The van der Waals surface area contributed by atoms with Gasteiger partial charge in [-0.2, -0.15) is 0 Å². The summed E-state index contributed by atoms with van der Waals surface area (Å²) in [5, 5.41) is 6.68. The summed E-state index contributed by atoms with van der Waals surface area (Å²) in [6.45, 7) is 5.73. The van der Waals surface area contributed by atoms with Gasteiger partial charge in [0.15, 0.2) is 5.96 Å². The molecule has 30 heavy (non-hydrogen) atoms. The van der Waals surface area contributed by atoms with E-state index in [-0.39, 0.29) is 35.8 Å². The smallest absolute Gasteiger partial charge is 0.232 e. The maximum Gasteiger partial charge on any atom is 0.232 e. The van der Waals surface area contributed by atoms with Gasteiger partial charge in [-0.15, -0.1) is 24.0 Å². The van der Waals surface area contributed by atoms with E-state index in [1.54, 1.807) is 7.05 Å². The highest BCUT2D eigenvalue weighted by molar-refractivity contribution is 14.0. The molecule has 1 aliphatic rings. The molecule has 0 radical (unpaired) electrons. The molecule has 6 nitrogen and oxygen atoms in total. The number of benzene rings is 2. The number of halogens is 1. The van der Waals surface area contributed by atoms with Crippen LogP contribution in [0.1, 0.15) is 22.6 Å². The summed E-state index contributed by atoms with van der Waals surface area (Å²) in [4.78, 5) is 19.4. The Labute approximate surface area is 196 Å². The number of carbonyl (C=O) groups is 1. The lowest BCUT2D eigenvalue weighted by molar-refractivity contribution is -0.136. The van der Waals surface area contributed by atoms with Crippen LogP contribution >= 0.6 is 24.0 Å². The van der Waals surface area contributed by atoms with Crippen LogP contribution in [0, 0.1) is 6.92 Å². The summed E-state index contributed by atoms with van der Waals surface area (Å²) in [5.74, 6) is 0.539. The average molecular weight is 522 g/mol. The minimum absolute atomic E-state index is 0. The van der Waals surface area contributed by atoms with Crippen molar-refractivity contribution in [1.82, 2.24) is 15.5 Å². The zero-order valence-electron chi connectivity index (χ0n) is 17.6. The lowest BCUT2D eigenvalue weighted by atomic mass is 9.97. The lowest BCUT2D eigenvalue weighted by Gasteiger charge is -2.31. The van der Waals surface area contributed by atoms with Gasteiger partial charge in [0.1, 0.15) is 0 Å². The van der Waals surface area contributed by atoms with Crippen LogP contribution in [0.15, 0.2) is 59.6 Å². The third kappa shape index (κ3) is 6.70. The summed E-state index contributed by atoms with van der Waals surface area (Å²) in [5.41, 5.74) is 3.46. The number of ether oxygens (including phenoxy) is 1. The molecule has 2 aromatic carbocycles. The molecular weight excluding hydrogens is 491 g/mol. The minimum Gasteiger partial charge on any atom is -0.378 e. The van der Waals surface area contributed by atoms with Crippen LogP contribution < -0.4 is 10.6 Å². The third-order valence-corrected chi connectivity index (χ3v) is 5.23. The zero-order chi connectivity index (χ0) is 20.5. The van der Waals surface area contributed by atoms with E-state index in [9.17, 15) is 4.79 Å². The molecule has 0 aliphatic carbocycles. The van der Waals surface area contributed by atoms with Crippen molar-refractivity contribution in [2.24, 2.45) is 4.99 Å². The highest BCUT2D eigenvalue weighted by atomic mass is 127. The first-order valence-electron chi connectivity index (χ1n) is 10.1.